The molecule has 0 bridgehead atoms. The molecule has 2 aliphatic heterocycles. The molecule has 1 aromatic rings. The van der Waals surface area contributed by atoms with Gasteiger partial charge in [-0.15, -0.1) is 0 Å². The van der Waals surface area contributed by atoms with Gasteiger partial charge in [0.15, 0.2) is 11.5 Å². The molecule has 2 unspecified atom stereocenters. The van der Waals surface area contributed by atoms with Crippen LogP contribution in [0.5, 0.6) is 11.5 Å². The molecule has 6 nitrogen and oxygen atoms in total. The minimum Gasteiger partial charge on any atom is -0.454 e. The summed E-state index contributed by atoms with van der Waals surface area (Å²) in [6.45, 7) is 2.38. The summed E-state index contributed by atoms with van der Waals surface area (Å²) in [5, 5.41) is 2.95. The Morgan fingerprint density at radius 3 is 2.60 bits per heavy atom. The number of hydrogen-bond acceptors (Lipinski definition) is 4. The highest BCUT2D eigenvalue weighted by molar-refractivity contribution is 5.92. The predicted octanol–water partition coefficient (Wildman–Crippen LogP) is 2.07. The van der Waals surface area contributed by atoms with Gasteiger partial charge in [0.25, 0.3) is 0 Å². The largest absolute Gasteiger partial charge is 0.454 e. The summed E-state index contributed by atoms with van der Waals surface area (Å²) in [6, 6.07) is 5.66. The highest BCUT2D eigenvalue weighted by atomic mass is 16.7. The van der Waals surface area contributed by atoms with E-state index in [2.05, 4.69) is 5.32 Å². The van der Waals surface area contributed by atoms with E-state index in [1.807, 2.05) is 23.1 Å². The van der Waals surface area contributed by atoms with Gasteiger partial charge >= 0.3 is 0 Å². The third kappa shape index (κ3) is 3.57. The van der Waals surface area contributed by atoms with Gasteiger partial charge in [-0.1, -0.05) is 18.9 Å². The Balaban J connectivity index is 1.27. The number of ether oxygens (including phenoxy) is 2. The molecule has 1 aliphatic carbocycles. The Bertz CT molecular complexity index is 667. The highest BCUT2D eigenvalue weighted by Gasteiger charge is 2.49. The van der Waals surface area contributed by atoms with E-state index < -0.39 is 0 Å². The number of amides is 2. The molecule has 1 aromatic carbocycles. The Hall–Kier alpha value is -2.24. The Morgan fingerprint density at radius 1 is 1.04 bits per heavy atom. The van der Waals surface area contributed by atoms with Crippen LogP contribution in [0.2, 0.25) is 0 Å². The minimum absolute atomic E-state index is 0.0224. The number of carbonyl (C=O) groups excluding carboxylic acids is 2. The molecule has 2 amide bonds. The maximum Gasteiger partial charge on any atom is 0.231 e. The van der Waals surface area contributed by atoms with E-state index in [0.29, 0.717) is 18.7 Å². The number of hydrogen-bond donors (Lipinski definition) is 1. The molecule has 2 heterocycles. The lowest BCUT2D eigenvalue weighted by Crippen LogP contribution is -2.35. The fourth-order valence-corrected chi connectivity index (χ4v) is 3.65. The first-order valence-corrected chi connectivity index (χ1v) is 9.17. The van der Waals surface area contributed by atoms with Crippen LogP contribution < -0.4 is 14.8 Å². The molecule has 134 valence electrons. The predicted molar refractivity (Wildman–Crippen MR) is 91.1 cm³/mol. The van der Waals surface area contributed by atoms with Crippen LogP contribution in [0, 0.1) is 11.8 Å². The molecule has 25 heavy (non-hydrogen) atoms. The Morgan fingerprint density at radius 2 is 1.80 bits per heavy atom. The van der Waals surface area contributed by atoms with Gasteiger partial charge < -0.3 is 19.7 Å². The first-order chi connectivity index (χ1) is 12.2. The van der Waals surface area contributed by atoms with Crippen LogP contribution in [0.15, 0.2) is 18.2 Å². The van der Waals surface area contributed by atoms with Crippen molar-refractivity contribution in [3.63, 3.8) is 0 Å². The number of likely N-dealkylation sites (tertiary alicyclic amines) is 1. The molecular formula is C19H24N2O4. The maximum atomic E-state index is 12.5. The summed E-state index contributed by atoms with van der Waals surface area (Å²) >= 11 is 0. The van der Waals surface area contributed by atoms with Crippen LogP contribution in [0.1, 0.15) is 37.7 Å². The molecule has 3 aliphatic rings. The zero-order valence-electron chi connectivity index (χ0n) is 14.3. The molecule has 4 rings (SSSR count). The van der Waals surface area contributed by atoms with Gasteiger partial charge in [0.2, 0.25) is 18.6 Å². The summed E-state index contributed by atoms with van der Waals surface area (Å²) in [4.78, 5) is 26.8. The van der Waals surface area contributed by atoms with Crippen molar-refractivity contribution in [2.45, 2.75) is 38.6 Å². The summed E-state index contributed by atoms with van der Waals surface area (Å²) in [5.74, 6) is 1.32. The number of fused-ring (bicyclic) bond motifs is 1. The van der Waals surface area contributed by atoms with Gasteiger partial charge in [-0.25, -0.2) is 0 Å². The van der Waals surface area contributed by atoms with Crippen molar-refractivity contribution >= 4 is 11.8 Å². The average molecular weight is 344 g/mol. The van der Waals surface area contributed by atoms with Gasteiger partial charge in [0, 0.05) is 19.6 Å². The Kier molecular flexibility index (Phi) is 4.51. The van der Waals surface area contributed by atoms with Crippen molar-refractivity contribution in [1.29, 1.82) is 0 Å². The number of rotatable bonds is 4. The first-order valence-electron chi connectivity index (χ1n) is 9.17. The van der Waals surface area contributed by atoms with E-state index >= 15 is 0 Å². The van der Waals surface area contributed by atoms with E-state index in [1.165, 1.54) is 12.8 Å². The van der Waals surface area contributed by atoms with Crippen LogP contribution in [-0.4, -0.2) is 36.6 Å². The topological polar surface area (TPSA) is 67.9 Å². The number of carbonyl (C=O) groups is 2. The first kappa shape index (κ1) is 16.2. The summed E-state index contributed by atoms with van der Waals surface area (Å²) in [7, 11) is 0. The number of benzene rings is 1. The third-order valence-electron chi connectivity index (χ3n) is 5.27. The van der Waals surface area contributed by atoms with Crippen molar-refractivity contribution in [3.05, 3.63) is 23.8 Å². The zero-order chi connectivity index (χ0) is 17.2. The van der Waals surface area contributed by atoms with E-state index in [4.69, 9.17) is 9.47 Å². The van der Waals surface area contributed by atoms with Crippen molar-refractivity contribution in [2.75, 3.05) is 19.9 Å². The lowest BCUT2D eigenvalue weighted by atomic mass is 10.2. The molecule has 1 saturated carbocycles. The van der Waals surface area contributed by atoms with Crippen molar-refractivity contribution in [2.24, 2.45) is 11.8 Å². The van der Waals surface area contributed by atoms with Crippen molar-refractivity contribution in [3.8, 4) is 11.5 Å². The molecule has 6 heteroatoms. The molecular weight excluding hydrogens is 320 g/mol. The van der Waals surface area contributed by atoms with Crippen LogP contribution in [0.4, 0.5) is 0 Å². The maximum absolute atomic E-state index is 12.5. The van der Waals surface area contributed by atoms with Crippen LogP contribution >= 0.6 is 0 Å². The average Bonchev–Trinajstić information content (AvgIpc) is 3.36. The smallest absolute Gasteiger partial charge is 0.231 e. The Labute approximate surface area is 147 Å². The van der Waals surface area contributed by atoms with E-state index in [1.54, 1.807) is 0 Å². The quantitative estimate of drug-likeness (QED) is 0.908. The molecule has 1 N–H and O–H groups in total. The fraction of sp³-hybridized carbons (Fsp3) is 0.579. The summed E-state index contributed by atoms with van der Waals surface area (Å²) < 4.78 is 10.6. The molecule has 1 saturated heterocycles. The van der Waals surface area contributed by atoms with E-state index in [9.17, 15) is 9.59 Å². The SMILES string of the molecule is O=C(NCc1ccc2c(c1)OCO2)C1CC1C(=O)N1CCCCCC1. The molecule has 0 aromatic heterocycles. The molecule has 2 fully saturated rings. The summed E-state index contributed by atoms with van der Waals surface area (Å²) in [5.41, 5.74) is 0.966. The third-order valence-corrected chi connectivity index (χ3v) is 5.27. The second kappa shape index (κ2) is 6.94. The monoisotopic (exact) mass is 344 g/mol. The van der Waals surface area contributed by atoms with Gasteiger partial charge in [0.05, 0.1) is 11.8 Å². The van der Waals surface area contributed by atoms with Gasteiger partial charge in [-0.2, -0.15) is 0 Å². The molecule has 2 atom stereocenters. The van der Waals surface area contributed by atoms with Crippen LogP contribution in [0.25, 0.3) is 0 Å². The van der Waals surface area contributed by atoms with E-state index in [0.717, 1.165) is 37.2 Å². The minimum atomic E-state index is -0.162. The second-order valence-electron chi connectivity index (χ2n) is 7.09. The molecule has 0 radical (unpaired) electrons. The fourth-order valence-electron chi connectivity index (χ4n) is 3.65. The van der Waals surface area contributed by atoms with Crippen molar-refractivity contribution in [1.82, 2.24) is 10.2 Å². The summed E-state index contributed by atoms with van der Waals surface area (Å²) in [6.07, 6.45) is 5.25. The van der Waals surface area contributed by atoms with Crippen molar-refractivity contribution < 1.29 is 19.1 Å². The van der Waals surface area contributed by atoms with Gasteiger partial charge in [-0.3, -0.25) is 9.59 Å². The zero-order valence-corrected chi connectivity index (χ0v) is 14.3. The number of nitrogens with zero attached hydrogens (tertiary/aromatic N) is 1. The van der Waals surface area contributed by atoms with Gasteiger partial charge in [-0.05, 0) is 37.0 Å². The lowest BCUT2D eigenvalue weighted by molar-refractivity contribution is -0.134. The highest BCUT2D eigenvalue weighted by Crippen LogP contribution is 2.40. The standard InChI is InChI=1S/C19H24N2O4/c22-18(20-11-13-5-6-16-17(9-13)25-12-24-16)14-10-15(14)19(23)21-7-3-1-2-4-8-21/h5-6,9,14-15H,1-4,7-8,10-12H2,(H,20,22). The van der Waals surface area contributed by atoms with Crippen LogP contribution in [-0.2, 0) is 16.1 Å². The number of nitrogens with one attached hydrogen (secondary N) is 1. The molecule has 0 spiro atoms. The van der Waals surface area contributed by atoms with E-state index in [-0.39, 0.29) is 30.4 Å². The second-order valence-corrected chi connectivity index (χ2v) is 7.09. The normalized spacial score (nSPS) is 24.6. The van der Waals surface area contributed by atoms with Gasteiger partial charge in [0.1, 0.15) is 0 Å². The lowest BCUT2D eigenvalue weighted by Gasteiger charge is -2.20. The van der Waals surface area contributed by atoms with Crippen LogP contribution in [0.3, 0.4) is 0 Å².